The maximum atomic E-state index is 11.6. The number of benzene rings is 2. The molecule has 0 aliphatic carbocycles. The molecule has 3 aromatic rings. The van der Waals surface area contributed by atoms with Crippen LogP contribution in [0.15, 0.2) is 59.4 Å². The Morgan fingerprint density at radius 3 is 2.47 bits per heavy atom. The van der Waals surface area contributed by atoms with Crippen molar-refractivity contribution in [2.45, 2.75) is 0 Å². The smallest absolute Gasteiger partial charge is 0.329 e. The summed E-state index contributed by atoms with van der Waals surface area (Å²) >= 11 is 0. The first-order chi connectivity index (χ1) is 9.25. The van der Waals surface area contributed by atoms with Crippen molar-refractivity contribution in [1.29, 1.82) is 0 Å². The van der Waals surface area contributed by atoms with Gasteiger partial charge in [-0.15, -0.1) is 0 Å². The normalized spacial score (nSPS) is 10.6. The van der Waals surface area contributed by atoms with Crippen LogP contribution in [0, 0.1) is 0 Å². The number of nitrogens with one attached hydrogen (secondary N) is 1. The Bertz CT molecular complexity index is 765. The molecule has 4 heteroatoms. The number of H-pyrrole nitrogens is 1. The molecule has 0 fully saturated rings. The van der Waals surface area contributed by atoms with Crippen LogP contribution in [-0.4, -0.2) is 17.0 Å². The van der Waals surface area contributed by atoms with Crippen molar-refractivity contribution in [3.8, 4) is 0 Å². The third-order valence-corrected chi connectivity index (χ3v) is 3.08. The molecule has 19 heavy (non-hydrogen) atoms. The maximum Gasteiger partial charge on any atom is 0.347 e. The van der Waals surface area contributed by atoms with Crippen LogP contribution in [0.1, 0.15) is 0 Å². The summed E-state index contributed by atoms with van der Waals surface area (Å²) in [5.41, 5.74) is 1.45. The van der Waals surface area contributed by atoms with Crippen LogP contribution in [-0.2, 0) is 0 Å². The first-order valence-corrected chi connectivity index (χ1v) is 6.03. The van der Waals surface area contributed by atoms with Crippen LogP contribution in [0.25, 0.3) is 10.9 Å². The largest absolute Gasteiger partial charge is 0.347 e. The summed E-state index contributed by atoms with van der Waals surface area (Å²) in [4.78, 5) is 20.4. The van der Waals surface area contributed by atoms with Crippen LogP contribution in [0.5, 0.6) is 0 Å². The molecule has 1 heterocycles. The van der Waals surface area contributed by atoms with E-state index in [0.29, 0.717) is 5.82 Å². The second kappa shape index (κ2) is 4.57. The molecule has 0 saturated heterocycles. The Morgan fingerprint density at radius 1 is 1.00 bits per heavy atom. The van der Waals surface area contributed by atoms with E-state index in [0.717, 1.165) is 16.6 Å². The van der Waals surface area contributed by atoms with Gasteiger partial charge in [0.1, 0.15) is 5.82 Å². The van der Waals surface area contributed by atoms with Crippen molar-refractivity contribution in [3.05, 3.63) is 65.1 Å². The van der Waals surface area contributed by atoms with Gasteiger partial charge in [0.05, 0.1) is 5.52 Å². The van der Waals surface area contributed by atoms with E-state index >= 15 is 0 Å². The van der Waals surface area contributed by atoms with Crippen LogP contribution in [0.3, 0.4) is 0 Å². The van der Waals surface area contributed by atoms with E-state index in [2.05, 4.69) is 9.97 Å². The summed E-state index contributed by atoms with van der Waals surface area (Å²) in [6, 6.07) is 17.5. The fraction of sp³-hybridized carbons (Fsp3) is 0.0667. The zero-order valence-electron chi connectivity index (χ0n) is 10.5. The fourth-order valence-corrected chi connectivity index (χ4v) is 2.12. The summed E-state index contributed by atoms with van der Waals surface area (Å²) in [6.45, 7) is 0. The minimum Gasteiger partial charge on any atom is -0.329 e. The van der Waals surface area contributed by atoms with Gasteiger partial charge in [0.25, 0.3) is 0 Å². The van der Waals surface area contributed by atoms with Crippen molar-refractivity contribution < 1.29 is 0 Å². The van der Waals surface area contributed by atoms with Crippen molar-refractivity contribution in [3.63, 3.8) is 0 Å². The molecular formula is C15H13N3O. The molecule has 0 spiro atoms. The predicted molar refractivity (Wildman–Crippen MR) is 76.9 cm³/mol. The van der Waals surface area contributed by atoms with Gasteiger partial charge < -0.3 is 9.88 Å². The molecule has 0 amide bonds. The summed E-state index contributed by atoms with van der Waals surface area (Å²) in [6.07, 6.45) is 0. The number of aromatic amines is 1. The molecule has 0 atom stereocenters. The highest BCUT2D eigenvalue weighted by Gasteiger charge is 2.10. The Balaban J connectivity index is 2.22. The molecule has 3 rings (SSSR count). The van der Waals surface area contributed by atoms with E-state index in [-0.39, 0.29) is 5.69 Å². The Hall–Kier alpha value is -2.62. The van der Waals surface area contributed by atoms with Crippen LogP contribution < -0.4 is 10.6 Å². The minimum atomic E-state index is -0.337. The second-order valence-electron chi connectivity index (χ2n) is 4.31. The zero-order valence-corrected chi connectivity index (χ0v) is 10.5. The molecule has 0 saturated carbocycles. The average molecular weight is 251 g/mol. The van der Waals surface area contributed by atoms with Crippen molar-refractivity contribution in [1.82, 2.24) is 9.97 Å². The first kappa shape index (κ1) is 11.5. The average Bonchev–Trinajstić information content (AvgIpc) is 2.46. The quantitative estimate of drug-likeness (QED) is 0.761. The Kier molecular flexibility index (Phi) is 2.76. The van der Waals surface area contributed by atoms with Gasteiger partial charge in [0.2, 0.25) is 0 Å². The van der Waals surface area contributed by atoms with E-state index in [4.69, 9.17) is 0 Å². The number of fused-ring (bicyclic) bond motifs is 1. The highest BCUT2D eigenvalue weighted by molar-refractivity contribution is 5.91. The number of para-hydroxylation sites is 2. The van der Waals surface area contributed by atoms with Crippen molar-refractivity contribution in [2.75, 3.05) is 11.9 Å². The minimum absolute atomic E-state index is 0.337. The molecule has 0 aliphatic heterocycles. The number of rotatable bonds is 2. The van der Waals surface area contributed by atoms with Gasteiger partial charge in [-0.05, 0) is 24.3 Å². The van der Waals surface area contributed by atoms with E-state index in [9.17, 15) is 4.79 Å². The number of nitrogens with zero attached hydrogens (tertiary/aromatic N) is 2. The molecule has 0 radical (unpaired) electrons. The van der Waals surface area contributed by atoms with Crippen LogP contribution in [0.4, 0.5) is 11.5 Å². The van der Waals surface area contributed by atoms with E-state index in [1.54, 1.807) is 0 Å². The molecule has 1 N–H and O–H groups in total. The Morgan fingerprint density at radius 2 is 1.68 bits per heavy atom. The third kappa shape index (κ3) is 2.08. The molecule has 2 aromatic carbocycles. The number of aromatic nitrogens is 2. The third-order valence-electron chi connectivity index (χ3n) is 3.08. The second-order valence-corrected chi connectivity index (χ2v) is 4.31. The Labute approximate surface area is 110 Å². The van der Waals surface area contributed by atoms with Crippen molar-refractivity contribution >= 4 is 22.4 Å². The lowest BCUT2D eigenvalue weighted by molar-refractivity contribution is 1.06. The summed E-state index contributed by atoms with van der Waals surface area (Å²) in [5, 5.41) is 0.924. The van der Waals surface area contributed by atoms with Gasteiger partial charge in [0.15, 0.2) is 0 Å². The van der Waals surface area contributed by atoms with E-state index < -0.39 is 0 Å². The topological polar surface area (TPSA) is 49.0 Å². The number of hydrogen-bond donors (Lipinski definition) is 1. The van der Waals surface area contributed by atoms with Gasteiger partial charge in [-0.2, -0.15) is 4.98 Å². The fourth-order valence-electron chi connectivity index (χ4n) is 2.12. The van der Waals surface area contributed by atoms with Gasteiger partial charge >= 0.3 is 5.69 Å². The highest BCUT2D eigenvalue weighted by Crippen LogP contribution is 2.26. The van der Waals surface area contributed by atoms with Gasteiger partial charge in [0, 0.05) is 18.1 Å². The SMILES string of the molecule is CN(c1ccccc1)c1nc(=O)[nH]c2ccccc12. The first-order valence-electron chi connectivity index (χ1n) is 6.03. The lowest BCUT2D eigenvalue weighted by Crippen LogP contribution is -2.18. The summed E-state index contributed by atoms with van der Waals surface area (Å²) in [7, 11) is 1.91. The van der Waals surface area contributed by atoms with Crippen LogP contribution >= 0.6 is 0 Å². The maximum absolute atomic E-state index is 11.6. The lowest BCUT2D eigenvalue weighted by atomic mass is 10.2. The molecule has 1 aromatic heterocycles. The molecule has 0 unspecified atom stereocenters. The molecule has 0 aliphatic rings. The van der Waals surface area contributed by atoms with Gasteiger partial charge in [-0.1, -0.05) is 30.3 Å². The molecule has 0 bridgehead atoms. The molecule has 4 nitrogen and oxygen atoms in total. The van der Waals surface area contributed by atoms with Gasteiger partial charge in [-0.3, -0.25) is 0 Å². The highest BCUT2D eigenvalue weighted by atomic mass is 16.1. The van der Waals surface area contributed by atoms with E-state index in [1.165, 1.54) is 0 Å². The standard InChI is InChI=1S/C15H13N3O/c1-18(11-7-3-2-4-8-11)14-12-9-5-6-10-13(12)16-15(19)17-14/h2-10H,1H3,(H,16,17,19). The lowest BCUT2D eigenvalue weighted by Gasteiger charge is -2.19. The monoisotopic (exact) mass is 251 g/mol. The molecule has 94 valence electrons. The number of anilines is 2. The van der Waals surface area contributed by atoms with Crippen molar-refractivity contribution in [2.24, 2.45) is 0 Å². The predicted octanol–water partition coefficient (Wildman–Crippen LogP) is 2.69. The van der Waals surface area contributed by atoms with Gasteiger partial charge in [-0.25, -0.2) is 4.79 Å². The summed E-state index contributed by atoms with van der Waals surface area (Å²) < 4.78 is 0. The van der Waals surface area contributed by atoms with Crippen LogP contribution in [0.2, 0.25) is 0 Å². The number of hydrogen-bond acceptors (Lipinski definition) is 3. The zero-order chi connectivity index (χ0) is 13.2. The summed E-state index contributed by atoms with van der Waals surface area (Å²) in [5.74, 6) is 0.658. The van der Waals surface area contributed by atoms with E-state index in [1.807, 2.05) is 66.5 Å². The molecular weight excluding hydrogens is 238 g/mol.